The molecule has 0 saturated heterocycles. The first-order valence-electron chi connectivity index (χ1n) is 9.49. The summed E-state index contributed by atoms with van der Waals surface area (Å²) in [6.45, 7) is 1.91. The molecule has 0 fully saturated rings. The van der Waals surface area contributed by atoms with Gasteiger partial charge in [0.15, 0.2) is 5.96 Å². The van der Waals surface area contributed by atoms with E-state index in [1.54, 1.807) is 6.20 Å². The minimum absolute atomic E-state index is 0.465. The second kappa shape index (κ2) is 10.7. The van der Waals surface area contributed by atoms with Crippen LogP contribution in [0.15, 0.2) is 84.0 Å². The first-order valence-corrected chi connectivity index (χ1v) is 9.49. The fraction of sp³-hybridized carbons (Fsp3) is 0.217. The summed E-state index contributed by atoms with van der Waals surface area (Å²) in [6.07, 6.45) is 3.42. The molecule has 5 nitrogen and oxygen atoms in total. The van der Waals surface area contributed by atoms with Crippen molar-refractivity contribution in [2.75, 3.05) is 13.1 Å². The number of nitrogens with zero attached hydrogens (tertiary/aromatic N) is 2. The Bertz CT molecular complexity index is 866. The number of aromatic nitrogens is 1. The van der Waals surface area contributed by atoms with Crippen LogP contribution in [-0.2, 0) is 19.4 Å². The topological polar surface area (TPSA) is 72.5 Å². The summed E-state index contributed by atoms with van der Waals surface area (Å²) in [7, 11) is 0. The lowest BCUT2D eigenvalue weighted by molar-refractivity contribution is 0.306. The molecule has 3 N–H and O–H groups in total. The zero-order valence-corrected chi connectivity index (χ0v) is 15.9. The van der Waals surface area contributed by atoms with E-state index in [2.05, 4.69) is 39.6 Å². The van der Waals surface area contributed by atoms with E-state index in [1.807, 2.05) is 48.5 Å². The molecule has 144 valence electrons. The molecule has 5 heteroatoms. The largest absolute Gasteiger partial charge is 0.489 e. The Morgan fingerprint density at radius 3 is 2.57 bits per heavy atom. The lowest BCUT2D eigenvalue weighted by atomic mass is 10.1. The first kappa shape index (κ1) is 19.4. The average molecular weight is 374 g/mol. The zero-order valence-electron chi connectivity index (χ0n) is 15.9. The second-order valence-corrected chi connectivity index (χ2v) is 6.44. The number of aliphatic imine (C=N–C) groups is 1. The highest BCUT2D eigenvalue weighted by Crippen LogP contribution is 2.15. The summed E-state index contributed by atoms with van der Waals surface area (Å²) in [5.41, 5.74) is 9.31. The number of hydrogen-bond donors (Lipinski definition) is 2. The minimum atomic E-state index is 0.465. The third-order valence-electron chi connectivity index (χ3n) is 4.24. The molecular weight excluding hydrogens is 348 g/mol. The SMILES string of the molecule is NC(=NCCc1ccccn1)NCCc1cccc(OCc2ccccc2)c1. The van der Waals surface area contributed by atoms with Crippen molar-refractivity contribution < 1.29 is 4.74 Å². The van der Waals surface area contributed by atoms with Gasteiger partial charge in [0, 0.05) is 31.4 Å². The monoisotopic (exact) mass is 374 g/mol. The number of hydrogen-bond acceptors (Lipinski definition) is 3. The third-order valence-corrected chi connectivity index (χ3v) is 4.24. The number of ether oxygens (including phenoxy) is 1. The van der Waals surface area contributed by atoms with Crippen molar-refractivity contribution in [2.24, 2.45) is 10.7 Å². The average Bonchev–Trinajstić information content (AvgIpc) is 2.74. The highest BCUT2D eigenvalue weighted by molar-refractivity contribution is 5.77. The molecule has 0 amide bonds. The molecule has 0 unspecified atom stereocenters. The summed E-state index contributed by atoms with van der Waals surface area (Å²) >= 11 is 0. The number of benzene rings is 2. The standard InChI is InChI=1S/C23H26N4O/c24-23(27-16-13-21-10-4-5-14-25-21)26-15-12-19-9-6-11-22(17-19)28-18-20-7-2-1-3-8-20/h1-11,14,17H,12-13,15-16,18H2,(H3,24,26,27). The Balaban J connectivity index is 1.40. The number of nitrogens with two attached hydrogens (primary N) is 1. The lowest BCUT2D eigenvalue weighted by Gasteiger charge is -2.09. The summed E-state index contributed by atoms with van der Waals surface area (Å²) in [6, 6.07) is 24.2. The zero-order chi connectivity index (χ0) is 19.4. The van der Waals surface area contributed by atoms with Crippen LogP contribution in [0.5, 0.6) is 5.75 Å². The summed E-state index contributed by atoms with van der Waals surface area (Å²) in [5.74, 6) is 1.34. The maximum absolute atomic E-state index is 5.94. The molecule has 0 aliphatic carbocycles. The molecule has 0 radical (unpaired) electrons. The van der Waals surface area contributed by atoms with Crippen LogP contribution in [0.3, 0.4) is 0 Å². The van der Waals surface area contributed by atoms with Gasteiger partial charge in [-0.25, -0.2) is 0 Å². The van der Waals surface area contributed by atoms with E-state index in [0.717, 1.165) is 36.4 Å². The van der Waals surface area contributed by atoms with Crippen LogP contribution in [-0.4, -0.2) is 24.0 Å². The van der Waals surface area contributed by atoms with Crippen molar-refractivity contribution >= 4 is 5.96 Å². The number of pyridine rings is 1. The molecule has 1 heterocycles. The summed E-state index contributed by atoms with van der Waals surface area (Å²) in [4.78, 5) is 8.63. The van der Waals surface area contributed by atoms with Gasteiger partial charge in [-0.1, -0.05) is 48.5 Å². The van der Waals surface area contributed by atoms with Gasteiger partial charge in [0.1, 0.15) is 12.4 Å². The highest BCUT2D eigenvalue weighted by Gasteiger charge is 2.00. The molecule has 28 heavy (non-hydrogen) atoms. The Morgan fingerprint density at radius 1 is 0.929 bits per heavy atom. The second-order valence-electron chi connectivity index (χ2n) is 6.44. The van der Waals surface area contributed by atoms with E-state index >= 15 is 0 Å². The molecule has 3 rings (SSSR count). The predicted molar refractivity (Wildman–Crippen MR) is 113 cm³/mol. The van der Waals surface area contributed by atoms with Gasteiger partial charge in [-0.15, -0.1) is 0 Å². The van der Waals surface area contributed by atoms with Crippen molar-refractivity contribution in [2.45, 2.75) is 19.4 Å². The van der Waals surface area contributed by atoms with Gasteiger partial charge in [-0.2, -0.15) is 0 Å². The van der Waals surface area contributed by atoms with Crippen LogP contribution < -0.4 is 15.8 Å². The van der Waals surface area contributed by atoms with Gasteiger partial charge in [-0.05, 0) is 41.8 Å². The Hall–Kier alpha value is -3.34. The summed E-state index contributed by atoms with van der Waals surface area (Å²) in [5, 5.41) is 3.16. The number of rotatable bonds is 9. The lowest BCUT2D eigenvalue weighted by Crippen LogP contribution is -2.33. The van der Waals surface area contributed by atoms with Crippen molar-refractivity contribution in [3.05, 3.63) is 95.8 Å². The van der Waals surface area contributed by atoms with Gasteiger partial charge in [0.05, 0.1) is 0 Å². The maximum atomic E-state index is 5.94. The Labute approximate surface area is 166 Å². The predicted octanol–water partition coefficient (Wildman–Crippen LogP) is 3.35. The Kier molecular flexibility index (Phi) is 7.44. The smallest absolute Gasteiger partial charge is 0.188 e. The van der Waals surface area contributed by atoms with Crippen molar-refractivity contribution in [3.8, 4) is 5.75 Å². The van der Waals surface area contributed by atoms with Crippen molar-refractivity contribution in [3.63, 3.8) is 0 Å². The number of guanidine groups is 1. The summed E-state index contributed by atoms with van der Waals surface area (Å²) < 4.78 is 5.88. The van der Waals surface area contributed by atoms with Gasteiger partial charge < -0.3 is 15.8 Å². The molecule has 1 aromatic heterocycles. The fourth-order valence-electron chi connectivity index (χ4n) is 2.76. The van der Waals surface area contributed by atoms with Crippen LogP contribution >= 0.6 is 0 Å². The van der Waals surface area contributed by atoms with E-state index in [1.165, 1.54) is 5.56 Å². The van der Waals surface area contributed by atoms with Crippen LogP contribution in [0.25, 0.3) is 0 Å². The van der Waals surface area contributed by atoms with Crippen LogP contribution in [0.1, 0.15) is 16.8 Å². The fourth-order valence-corrected chi connectivity index (χ4v) is 2.76. The third kappa shape index (κ3) is 6.76. The van der Waals surface area contributed by atoms with Crippen LogP contribution in [0.4, 0.5) is 0 Å². The van der Waals surface area contributed by atoms with Gasteiger partial charge in [-0.3, -0.25) is 9.98 Å². The minimum Gasteiger partial charge on any atom is -0.489 e. The molecule has 0 saturated carbocycles. The quantitative estimate of drug-likeness (QED) is 0.445. The molecule has 0 atom stereocenters. The van der Waals surface area contributed by atoms with Crippen LogP contribution in [0.2, 0.25) is 0 Å². The molecular formula is C23H26N4O. The maximum Gasteiger partial charge on any atom is 0.188 e. The van der Waals surface area contributed by atoms with Crippen molar-refractivity contribution in [1.29, 1.82) is 0 Å². The highest BCUT2D eigenvalue weighted by atomic mass is 16.5. The van der Waals surface area contributed by atoms with E-state index in [0.29, 0.717) is 19.1 Å². The number of nitrogens with one attached hydrogen (secondary N) is 1. The molecule has 0 aliphatic heterocycles. The normalized spacial score (nSPS) is 11.2. The van der Waals surface area contributed by atoms with Gasteiger partial charge >= 0.3 is 0 Å². The molecule has 2 aromatic carbocycles. The first-order chi connectivity index (χ1) is 13.8. The van der Waals surface area contributed by atoms with E-state index in [9.17, 15) is 0 Å². The van der Waals surface area contributed by atoms with E-state index in [4.69, 9.17) is 10.5 Å². The Morgan fingerprint density at radius 2 is 1.75 bits per heavy atom. The van der Waals surface area contributed by atoms with Gasteiger partial charge in [0.25, 0.3) is 0 Å². The van der Waals surface area contributed by atoms with E-state index < -0.39 is 0 Å². The molecule has 0 aliphatic rings. The van der Waals surface area contributed by atoms with Gasteiger partial charge in [0.2, 0.25) is 0 Å². The van der Waals surface area contributed by atoms with Crippen LogP contribution in [0, 0.1) is 0 Å². The molecule has 0 bridgehead atoms. The molecule has 0 spiro atoms. The van der Waals surface area contributed by atoms with Crippen molar-refractivity contribution in [1.82, 2.24) is 10.3 Å². The molecule has 3 aromatic rings. The van der Waals surface area contributed by atoms with E-state index in [-0.39, 0.29) is 0 Å².